The van der Waals surface area contributed by atoms with Crippen LogP contribution in [0.2, 0.25) is 0 Å². The lowest BCUT2D eigenvalue weighted by molar-refractivity contribution is -0.162. The normalized spacial score (nSPS) is 21.3. The number of nitrogens with zero attached hydrogens (tertiary/aromatic N) is 5. The van der Waals surface area contributed by atoms with Crippen molar-refractivity contribution < 1.29 is 23.4 Å². The van der Waals surface area contributed by atoms with E-state index in [9.17, 15) is 9.70 Å². The van der Waals surface area contributed by atoms with Crippen molar-refractivity contribution in [1.82, 2.24) is 25.2 Å². The van der Waals surface area contributed by atoms with Gasteiger partial charge in [-0.05, 0) is 38.0 Å². The van der Waals surface area contributed by atoms with Gasteiger partial charge in [-0.3, -0.25) is 4.90 Å². The van der Waals surface area contributed by atoms with E-state index in [0.717, 1.165) is 12.8 Å². The zero-order valence-electron chi connectivity index (χ0n) is 21.1. The Bertz CT molecular complexity index is 972. The summed E-state index contributed by atoms with van der Waals surface area (Å²) in [5, 5.41) is 13.8. The monoisotopic (exact) mass is 506 g/mol. The van der Waals surface area contributed by atoms with E-state index in [1.807, 2.05) is 26.0 Å². The molecular formula is C24H35FN6O5. The van der Waals surface area contributed by atoms with Gasteiger partial charge in [-0.15, -0.1) is 5.10 Å². The second-order valence-corrected chi connectivity index (χ2v) is 8.63. The van der Waals surface area contributed by atoms with Crippen molar-refractivity contribution in [2.45, 2.75) is 71.2 Å². The average Bonchev–Trinajstić information content (AvgIpc) is 3.59. The molecule has 12 heteroatoms. The van der Waals surface area contributed by atoms with Crippen molar-refractivity contribution in [2.75, 3.05) is 26.3 Å². The highest BCUT2D eigenvalue weighted by atomic mass is 19.1. The minimum Gasteiger partial charge on any atom is -0.442 e. The molecule has 2 atom stereocenters. The van der Waals surface area contributed by atoms with Gasteiger partial charge in [-0.2, -0.15) is 4.91 Å². The van der Waals surface area contributed by atoms with Crippen molar-refractivity contribution in [3.05, 3.63) is 52.5 Å². The molecule has 2 saturated heterocycles. The molecule has 11 nitrogen and oxygen atoms in total. The van der Waals surface area contributed by atoms with Gasteiger partial charge >= 0.3 is 6.09 Å². The molecule has 1 N–H and O–H groups in total. The lowest BCUT2D eigenvalue weighted by atomic mass is 10.1. The Hall–Kier alpha value is -3.12. The van der Waals surface area contributed by atoms with Gasteiger partial charge < -0.3 is 19.5 Å². The summed E-state index contributed by atoms with van der Waals surface area (Å²) in [4.78, 5) is 24.3. The second kappa shape index (κ2) is 13.3. The summed E-state index contributed by atoms with van der Waals surface area (Å²) in [6.45, 7) is 7.79. The number of hydrogen-bond acceptors (Lipinski definition) is 9. The summed E-state index contributed by atoms with van der Waals surface area (Å²) in [7, 11) is 0. The number of allylic oxidation sites excluding steroid dienone is 5. The van der Waals surface area contributed by atoms with Crippen LogP contribution in [0.15, 0.2) is 47.1 Å². The van der Waals surface area contributed by atoms with Crippen LogP contribution in [0.3, 0.4) is 0 Å². The minimum absolute atomic E-state index is 0.0749. The Morgan fingerprint density at radius 1 is 1.36 bits per heavy atom. The standard InChI is InChI=1S/C24H35FN6O5/c1-4-6-7-20(26-9-8-24(5-2)34-10-11-35-24)13-19(25)12-18(3)30-16-22(36-23(30)32)17-31-21(15-28-33)14-27-29-31/h6-7,12-14,19,22,26H,4-5,8-11,15-17H2,1-3H3/b7-6-,18-12+,20-13?. The number of carbonyl (C=O) groups excluding carboxylic acids is 1. The van der Waals surface area contributed by atoms with Gasteiger partial charge in [-0.1, -0.05) is 30.3 Å². The molecule has 2 aliphatic rings. The molecule has 3 heterocycles. The second-order valence-electron chi connectivity index (χ2n) is 8.63. The van der Waals surface area contributed by atoms with Crippen LogP contribution in [0.1, 0.15) is 45.7 Å². The predicted molar refractivity (Wildman–Crippen MR) is 130 cm³/mol. The first-order valence-electron chi connectivity index (χ1n) is 12.3. The van der Waals surface area contributed by atoms with Crippen molar-refractivity contribution in [3.8, 4) is 0 Å². The molecule has 0 bridgehead atoms. The Morgan fingerprint density at radius 2 is 2.14 bits per heavy atom. The van der Waals surface area contributed by atoms with Crippen LogP contribution < -0.4 is 5.32 Å². The molecule has 36 heavy (non-hydrogen) atoms. The maximum absolute atomic E-state index is 15.0. The van der Waals surface area contributed by atoms with Crippen molar-refractivity contribution in [1.29, 1.82) is 0 Å². The first kappa shape index (κ1) is 27.5. The van der Waals surface area contributed by atoms with Crippen LogP contribution in [-0.4, -0.2) is 70.4 Å². The van der Waals surface area contributed by atoms with E-state index in [1.54, 1.807) is 6.92 Å². The fourth-order valence-electron chi connectivity index (χ4n) is 4.10. The number of hydrogen-bond donors (Lipinski definition) is 1. The maximum Gasteiger partial charge on any atom is 0.414 e. The molecule has 198 valence electrons. The number of aromatic nitrogens is 3. The SMILES string of the molecule is CC/C=C\C(=CC(F)/C=C(\C)N1CC(Cn2nncc2CN=O)OC1=O)NCCC1(CC)OCCO1. The van der Waals surface area contributed by atoms with Gasteiger partial charge in [0.15, 0.2) is 5.79 Å². The zero-order valence-corrected chi connectivity index (χ0v) is 21.1. The summed E-state index contributed by atoms with van der Waals surface area (Å²) in [5.74, 6) is -0.582. The molecule has 0 aliphatic carbocycles. The predicted octanol–water partition coefficient (Wildman–Crippen LogP) is 3.59. The fourth-order valence-corrected chi connectivity index (χ4v) is 4.10. The van der Waals surface area contributed by atoms with Crippen LogP contribution in [0.4, 0.5) is 9.18 Å². The van der Waals surface area contributed by atoms with E-state index in [0.29, 0.717) is 43.3 Å². The molecular weight excluding hydrogens is 471 g/mol. The van der Waals surface area contributed by atoms with Gasteiger partial charge in [0.2, 0.25) is 0 Å². The third-order valence-electron chi connectivity index (χ3n) is 6.06. The lowest BCUT2D eigenvalue weighted by Crippen LogP contribution is -2.33. The molecule has 2 unspecified atom stereocenters. The number of halogens is 1. The van der Waals surface area contributed by atoms with E-state index >= 15 is 4.39 Å². The minimum atomic E-state index is -1.43. The smallest absolute Gasteiger partial charge is 0.414 e. The molecule has 0 radical (unpaired) electrons. The van der Waals surface area contributed by atoms with Crippen LogP contribution in [0.25, 0.3) is 0 Å². The highest BCUT2D eigenvalue weighted by Gasteiger charge is 2.34. The van der Waals surface area contributed by atoms with E-state index < -0.39 is 24.2 Å². The largest absolute Gasteiger partial charge is 0.442 e. The summed E-state index contributed by atoms with van der Waals surface area (Å²) in [6.07, 6.45) is 7.76. The Kier molecular flexibility index (Phi) is 10.1. The van der Waals surface area contributed by atoms with Crippen LogP contribution in [0.5, 0.6) is 0 Å². The summed E-state index contributed by atoms with van der Waals surface area (Å²) in [5.41, 5.74) is 1.61. The maximum atomic E-state index is 15.0. The van der Waals surface area contributed by atoms with Gasteiger partial charge in [-0.25, -0.2) is 13.9 Å². The fraction of sp³-hybridized carbons (Fsp3) is 0.625. The number of rotatable bonds is 14. The van der Waals surface area contributed by atoms with Gasteiger partial charge in [0, 0.05) is 24.4 Å². The molecule has 1 aromatic rings. The van der Waals surface area contributed by atoms with Crippen molar-refractivity contribution in [3.63, 3.8) is 0 Å². The van der Waals surface area contributed by atoms with Crippen LogP contribution in [0, 0.1) is 4.91 Å². The zero-order chi connectivity index (χ0) is 26.0. The lowest BCUT2D eigenvalue weighted by Gasteiger charge is -2.26. The molecule has 2 aliphatic heterocycles. The first-order chi connectivity index (χ1) is 17.4. The Labute approximate surface area is 210 Å². The van der Waals surface area contributed by atoms with Crippen molar-refractivity contribution >= 4 is 6.09 Å². The average molecular weight is 507 g/mol. The van der Waals surface area contributed by atoms with Gasteiger partial charge in [0.25, 0.3) is 0 Å². The number of alkyl halides is 1. The first-order valence-corrected chi connectivity index (χ1v) is 12.3. The Morgan fingerprint density at radius 3 is 2.83 bits per heavy atom. The van der Waals surface area contributed by atoms with Gasteiger partial charge in [0.05, 0.1) is 38.2 Å². The number of nitroso groups, excluding NO2 is 1. The number of cyclic esters (lactones) is 1. The van der Waals surface area contributed by atoms with E-state index in [1.165, 1.54) is 27.9 Å². The Balaban J connectivity index is 1.59. The number of amides is 1. The molecule has 2 fully saturated rings. The number of ether oxygens (including phenoxy) is 3. The summed E-state index contributed by atoms with van der Waals surface area (Å²) >= 11 is 0. The summed E-state index contributed by atoms with van der Waals surface area (Å²) < 4.78 is 33.4. The van der Waals surface area contributed by atoms with E-state index in [2.05, 4.69) is 20.8 Å². The molecule has 3 rings (SSSR count). The van der Waals surface area contributed by atoms with Crippen molar-refractivity contribution in [2.24, 2.45) is 5.18 Å². The quantitative estimate of drug-likeness (QED) is 0.300. The molecule has 0 saturated carbocycles. The van der Waals surface area contributed by atoms with E-state index in [-0.39, 0.29) is 19.6 Å². The number of nitrogens with one attached hydrogen (secondary N) is 1. The molecule has 0 aromatic carbocycles. The third-order valence-corrected chi connectivity index (χ3v) is 6.06. The van der Waals surface area contributed by atoms with Crippen LogP contribution in [-0.2, 0) is 27.3 Å². The van der Waals surface area contributed by atoms with Crippen LogP contribution >= 0.6 is 0 Å². The topological polar surface area (TPSA) is 120 Å². The van der Waals surface area contributed by atoms with Gasteiger partial charge in [0.1, 0.15) is 18.8 Å². The molecule has 1 amide bonds. The molecule has 1 aromatic heterocycles. The van der Waals surface area contributed by atoms with E-state index in [4.69, 9.17) is 14.2 Å². The highest BCUT2D eigenvalue weighted by Crippen LogP contribution is 2.26. The molecule has 0 spiro atoms. The number of carbonyl (C=O) groups is 1. The third kappa shape index (κ3) is 7.44. The highest BCUT2D eigenvalue weighted by molar-refractivity contribution is 5.72. The summed E-state index contributed by atoms with van der Waals surface area (Å²) in [6, 6.07) is 0.